The molecule has 23 heavy (non-hydrogen) atoms. The van der Waals surface area contributed by atoms with Crippen LogP contribution < -0.4 is 5.32 Å². The van der Waals surface area contributed by atoms with Crippen LogP contribution in [0.15, 0.2) is 18.2 Å². The maximum absolute atomic E-state index is 13.9. The van der Waals surface area contributed by atoms with Gasteiger partial charge in [-0.2, -0.15) is 0 Å². The van der Waals surface area contributed by atoms with E-state index >= 15 is 0 Å². The van der Waals surface area contributed by atoms with Gasteiger partial charge in [0.1, 0.15) is 11.6 Å². The number of benzene rings is 1. The molecule has 2 unspecified atom stereocenters. The molecule has 1 fully saturated rings. The van der Waals surface area contributed by atoms with Crippen LogP contribution in [-0.4, -0.2) is 50.4 Å². The number of urea groups is 1. The van der Waals surface area contributed by atoms with Crippen LogP contribution in [0.5, 0.6) is 0 Å². The highest BCUT2D eigenvalue weighted by atomic mass is 19.1. The third kappa shape index (κ3) is 4.62. The first-order valence-corrected chi connectivity index (χ1v) is 7.66. The lowest BCUT2D eigenvalue weighted by Crippen LogP contribution is -2.51. The van der Waals surface area contributed by atoms with Crippen molar-refractivity contribution in [2.24, 2.45) is 0 Å². The second-order valence-electron chi connectivity index (χ2n) is 5.47. The zero-order valence-electron chi connectivity index (χ0n) is 13.4. The number of carbonyl (C=O) groups is 1. The molecule has 0 aromatic heterocycles. The van der Waals surface area contributed by atoms with E-state index in [9.17, 15) is 13.6 Å². The van der Waals surface area contributed by atoms with Gasteiger partial charge in [0.25, 0.3) is 0 Å². The van der Waals surface area contributed by atoms with Gasteiger partial charge >= 0.3 is 6.03 Å². The highest BCUT2D eigenvalue weighted by molar-refractivity contribution is 5.75. The van der Waals surface area contributed by atoms with Crippen molar-refractivity contribution in [1.82, 2.24) is 10.2 Å². The number of nitrogens with one attached hydrogen (secondary N) is 1. The Balaban J connectivity index is 2.03. The summed E-state index contributed by atoms with van der Waals surface area (Å²) in [5.41, 5.74) is 0.155. The molecule has 1 aromatic carbocycles. The van der Waals surface area contributed by atoms with E-state index in [1.165, 1.54) is 0 Å². The van der Waals surface area contributed by atoms with Gasteiger partial charge in [0.05, 0.1) is 31.9 Å². The van der Waals surface area contributed by atoms with E-state index in [1.807, 2.05) is 6.92 Å². The average Bonchev–Trinajstić information content (AvgIpc) is 2.55. The standard InChI is InChI=1S/C16H22F2N2O3/c1-3-15(13-8-11(17)4-5-14(13)18)19-16(21)20-6-7-23-12(9-20)10-22-2/h4-5,8,12,15H,3,6-7,9-10H2,1-2H3,(H,19,21). The van der Waals surface area contributed by atoms with Gasteiger partial charge in [-0.1, -0.05) is 6.92 Å². The number of rotatable bonds is 5. The Morgan fingerprint density at radius 3 is 3.00 bits per heavy atom. The Bertz CT molecular complexity index is 540. The summed E-state index contributed by atoms with van der Waals surface area (Å²) in [5, 5.41) is 2.77. The lowest BCUT2D eigenvalue weighted by atomic mass is 10.0. The van der Waals surface area contributed by atoms with Gasteiger partial charge in [0.15, 0.2) is 0 Å². The number of nitrogens with zero attached hydrogens (tertiary/aromatic N) is 1. The molecule has 5 nitrogen and oxygen atoms in total. The van der Waals surface area contributed by atoms with E-state index in [1.54, 1.807) is 12.0 Å². The van der Waals surface area contributed by atoms with E-state index in [-0.39, 0.29) is 17.7 Å². The molecule has 0 aliphatic carbocycles. The Morgan fingerprint density at radius 1 is 1.52 bits per heavy atom. The molecular formula is C16H22F2N2O3. The molecule has 0 radical (unpaired) electrons. The SMILES string of the molecule is CCC(NC(=O)N1CCOC(COC)C1)c1cc(F)ccc1F. The minimum atomic E-state index is -0.582. The van der Waals surface area contributed by atoms with Crippen molar-refractivity contribution in [3.05, 3.63) is 35.4 Å². The predicted octanol–water partition coefficient (Wildman–Crippen LogP) is 2.47. The van der Waals surface area contributed by atoms with Crippen molar-refractivity contribution in [3.8, 4) is 0 Å². The summed E-state index contributed by atoms with van der Waals surface area (Å²) in [5.74, 6) is -1.06. The van der Waals surface area contributed by atoms with E-state index in [4.69, 9.17) is 9.47 Å². The third-order valence-electron chi connectivity index (χ3n) is 3.82. The maximum atomic E-state index is 13.9. The molecule has 2 rings (SSSR count). The van der Waals surface area contributed by atoms with Crippen LogP contribution in [-0.2, 0) is 9.47 Å². The number of ether oxygens (including phenoxy) is 2. The number of amides is 2. The van der Waals surface area contributed by atoms with Crippen LogP contribution in [0.1, 0.15) is 24.9 Å². The van der Waals surface area contributed by atoms with Gasteiger partial charge in [-0.25, -0.2) is 13.6 Å². The number of methoxy groups -OCH3 is 1. The van der Waals surface area contributed by atoms with Crippen LogP contribution in [0.4, 0.5) is 13.6 Å². The van der Waals surface area contributed by atoms with Crippen molar-refractivity contribution < 1.29 is 23.0 Å². The second-order valence-corrected chi connectivity index (χ2v) is 5.47. The molecule has 1 aliphatic rings. The fourth-order valence-corrected chi connectivity index (χ4v) is 2.61. The van der Waals surface area contributed by atoms with Gasteiger partial charge in [0, 0.05) is 19.2 Å². The molecule has 1 aliphatic heterocycles. The topological polar surface area (TPSA) is 50.8 Å². The molecule has 1 aromatic rings. The molecule has 2 amide bonds. The van der Waals surface area contributed by atoms with Gasteiger partial charge in [-0.05, 0) is 24.6 Å². The van der Waals surface area contributed by atoms with Crippen LogP contribution >= 0.6 is 0 Å². The van der Waals surface area contributed by atoms with Crippen molar-refractivity contribution >= 4 is 6.03 Å². The first-order chi connectivity index (χ1) is 11.0. The Labute approximate surface area is 134 Å². The summed E-state index contributed by atoms with van der Waals surface area (Å²) in [7, 11) is 1.57. The number of morpholine rings is 1. The van der Waals surface area contributed by atoms with Crippen LogP contribution in [0, 0.1) is 11.6 Å². The van der Waals surface area contributed by atoms with E-state index in [0.29, 0.717) is 32.7 Å². The summed E-state index contributed by atoms with van der Waals surface area (Å²) in [6.07, 6.45) is 0.281. The molecule has 128 valence electrons. The summed E-state index contributed by atoms with van der Waals surface area (Å²) >= 11 is 0. The normalized spacial score (nSPS) is 19.5. The first-order valence-electron chi connectivity index (χ1n) is 7.66. The molecule has 1 N–H and O–H groups in total. The molecule has 0 saturated carbocycles. The van der Waals surface area contributed by atoms with Crippen LogP contribution in [0.25, 0.3) is 0 Å². The fourth-order valence-electron chi connectivity index (χ4n) is 2.61. The molecule has 1 heterocycles. The van der Waals surface area contributed by atoms with Crippen molar-refractivity contribution in [2.45, 2.75) is 25.5 Å². The molecule has 2 atom stereocenters. The Morgan fingerprint density at radius 2 is 2.30 bits per heavy atom. The summed E-state index contributed by atoms with van der Waals surface area (Å²) < 4.78 is 37.8. The van der Waals surface area contributed by atoms with Crippen molar-refractivity contribution in [3.63, 3.8) is 0 Å². The number of halogens is 2. The van der Waals surface area contributed by atoms with Gasteiger partial charge in [-0.15, -0.1) is 0 Å². The van der Waals surface area contributed by atoms with Gasteiger partial charge < -0.3 is 19.7 Å². The highest BCUT2D eigenvalue weighted by Gasteiger charge is 2.26. The molecule has 7 heteroatoms. The van der Waals surface area contributed by atoms with E-state index in [2.05, 4.69) is 5.32 Å². The van der Waals surface area contributed by atoms with Crippen LogP contribution in [0.2, 0.25) is 0 Å². The molecule has 0 bridgehead atoms. The predicted molar refractivity (Wildman–Crippen MR) is 81.1 cm³/mol. The monoisotopic (exact) mass is 328 g/mol. The summed E-state index contributed by atoms with van der Waals surface area (Å²) in [6, 6.07) is 2.36. The minimum absolute atomic E-state index is 0.155. The third-order valence-corrected chi connectivity index (χ3v) is 3.82. The average molecular weight is 328 g/mol. The van der Waals surface area contributed by atoms with E-state index in [0.717, 1.165) is 18.2 Å². The second kappa shape index (κ2) is 8.21. The molecule has 1 saturated heterocycles. The van der Waals surface area contributed by atoms with E-state index < -0.39 is 17.7 Å². The highest BCUT2D eigenvalue weighted by Crippen LogP contribution is 2.21. The lowest BCUT2D eigenvalue weighted by Gasteiger charge is -2.33. The minimum Gasteiger partial charge on any atom is -0.382 e. The smallest absolute Gasteiger partial charge is 0.318 e. The quantitative estimate of drug-likeness (QED) is 0.903. The van der Waals surface area contributed by atoms with Crippen molar-refractivity contribution in [2.75, 3.05) is 33.4 Å². The zero-order valence-corrected chi connectivity index (χ0v) is 13.4. The maximum Gasteiger partial charge on any atom is 0.318 e. The van der Waals surface area contributed by atoms with Gasteiger partial charge in [0.2, 0.25) is 0 Å². The number of carbonyl (C=O) groups excluding carboxylic acids is 1. The summed E-state index contributed by atoms with van der Waals surface area (Å²) in [6.45, 7) is 3.49. The van der Waals surface area contributed by atoms with Crippen molar-refractivity contribution in [1.29, 1.82) is 0 Å². The van der Waals surface area contributed by atoms with Crippen LogP contribution in [0.3, 0.4) is 0 Å². The summed E-state index contributed by atoms with van der Waals surface area (Å²) in [4.78, 5) is 14.0. The van der Waals surface area contributed by atoms with Gasteiger partial charge in [-0.3, -0.25) is 0 Å². The molecular weight excluding hydrogens is 306 g/mol. The Kier molecular flexibility index (Phi) is 6.29. The fraction of sp³-hybridized carbons (Fsp3) is 0.562. The number of hydrogen-bond donors (Lipinski definition) is 1. The molecule has 0 spiro atoms. The first kappa shape index (κ1) is 17.6. The zero-order chi connectivity index (χ0) is 16.8. The Hall–Kier alpha value is -1.73. The lowest BCUT2D eigenvalue weighted by molar-refractivity contribution is -0.0496. The number of hydrogen-bond acceptors (Lipinski definition) is 3. The largest absolute Gasteiger partial charge is 0.382 e.